The van der Waals surface area contributed by atoms with Crippen molar-refractivity contribution < 1.29 is 9.59 Å². The van der Waals surface area contributed by atoms with Crippen LogP contribution in [0.15, 0.2) is 35.4 Å². The Balaban J connectivity index is 1.39. The van der Waals surface area contributed by atoms with Crippen LogP contribution in [0.5, 0.6) is 0 Å². The number of amides is 2. The number of aromatic nitrogens is 3. The number of carbonyl (C=O) groups excluding carboxylic acids is 2. The topological polar surface area (TPSA) is 97.2 Å². The zero-order valence-electron chi connectivity index (χ0n) is 19.2. The molecule has 4 heterocycles. The molecule has 1 saturated heterocycles. The van der Waals surface area contributed by atoms with E-state index in [1.54, 1.807) is 6.92 Å². The Kier molecular flexibility index (Phi) is 5.95. The van der Waals surface area contributed by atoms with Crippen LogP contribution >= 0.6 is 22.7 Å². The van der Waals surface area contributed by atoms with Crippen LogP contribution in [0.25, 0.3) is 20.4 Å². The second-order valence-electron chi connectivity index (χ2n) is 9.10. The molecule has 4 aromatic rings. The maximum absolute atomic E-state index is 13.2. The molecular weight excluding hydrogens is 470 g/mol. The molecule has 0 aliphatic carbocycles. The zero-order valence-corrected chi connectivity index (χ0v) is 20.8. The molecule has 2 atom stereocenters. The lowest BCUT2D eigenvalue weighted by atomic mass is 9.92. The van der Waals surface area contributed by atoms with E-state index in [2.05, 4.69) is 29.1 Å². The number of likely N-dealkylation sites (tertiary alicyclic amines) is 1. The molecule has 0 saturated carbocycles. The summed E-state index contributed by atoms with van der Waals surface area (Å²) in [7, 11) is 0. The van der Waals surface area contributed by atoms with Gasteiger partial charge in [-0.1, -0.05) is 37.3 Å². The summed E-state index contributed by atoms with van der Waals surface area (Å²) < 4.78 is 2.33. The molecule has 34 heavy (non-hydrogen) atoms. The molecule has 1 aliphatic heterocycles. The van der Waals surface area contributed by atoms with Crippen molar-refractivity contribution in [3.8, 4) is 0 Å². The van der Waals surface area contributed by atoms with Crippen molar-refractivity contribution in [1.82, 2.24) is 19.4 Å². The molecule has 10 heteroatoms. The second kappa shape index (κ2) is 8.92. The highest BCUT2D eigenvalue weighted by molar-refractivity contribution is 7.23. The number of thiazole rings is 1. The van der Waals surface area contributed by atoms with Crippen LogP contribution < -0.4 is 10.9 Å². The van der Waals surface area contributed by atoms with E-state index >= 15 is 0 Å². The Morgan fingerprint density at radius 2 is 1.88 bits per heavy atom. The molecule has 3 aromatic heterocycles. The van der Waals surface area contributed by atoms with Gasteiger partial charge < -0.3 is 4.90 Å². The third kappa shape index (κ3) is 4.23. The lowest BCUT2D eigenvalue weighted by Crippen LogP contribution is -2.44. The number of para-hydroxylation sites is 1. The highest BCUT2D eigenvalue weighted by Gasteiger charge is 2.26. The van der Waals surface area contributed by atoms with Crippen molar-refractivity contribution in [2.45, 2.75) is 33.7 Å². The number of rotatable bonds is 4. The molecule has 1 N–H and O–H groups in total. The third-order valence-electron chi connectivity index (χ3n) is 6.17. The first-order valence-corrected chi connectivity index (χ1v) is 12.9. The van der Waals surface area contributed by atoms with Gasteiger partial charge in [-0.15, -0.1) is 11.3 Å². The van der Waals surface area contributed by atoms with Gasteiger partial charge >= 0.3 is 0 Å². The van der Waals surface area contributed by atoms with Gasteiger partial charge in [0.2, 0.25) is 5.91 Å². The number of benzene rings is 1. The van der Waals surface area contributed by atoms with Crippen LogP contribution in [0.2, 0.25) is 0 Å². The lowest BCUT2D eigenvalue weighted by molar-refractivity contribution is -0.134. The van der Waals surface area contributed by atoms with Crippen LogP contribution in [-0.4, -0.2) is 44.3 Å². The Labute approximate surface area is 204 Å². The molecule has 0 bridgehead atoms. The molecule has 0 radical (unpaired) electrons. The van der Waals surface area contributed by atoms with Crippen molar-refractivity contribution in [2.75, 3.05) is 18.4 Å². The van der Waals surface area contributed by atoms with Crippen molar-refractivity contribution in [3.63, 3.8) is 0 Å². The molecule has 1 aromatic carbocycles. The summed E-state index contributed by atoms with van der Waals surface area (Å²) in [5.74, 6) is 0.488. The molecule has 0 unspecified atom stereocenters. The minimum Gasteiger partial charge on any atom is -0.341 e. The summed E-state index contributed by atoms with van der Waals surface area (Å²) in [5, 5.41) is 3.74. The van der Waals surface area contributed by atoms with Gasteiger partial charge in [0, 0.05) is 13.1 Å². The number of thiophene rings is 1. The standard InChI is InChI=1S/C24H25N5O3S2/c1-13-8-14(2)10-28(9-13)18(30)11-29-12-25-22-19(23(29)32)15(3)20(34-22)21(31)27-24-26-16-6-4-5-7-17(16)33-24/h4-7,12-14H,8-11H2,1-3H3,(H,26,27,31)/t13-,14+. The second-order valence-corrected chi connectivity index (χ2v) is 11.1. The first-order chi connectivity index (χ1) is 16.3. The number of nitrogens with one attached hydrogen (secondary N) is 1. The molecule has 0 spiro atoms. The quantitative estimate of drug-likeness (QED) is 0.459. The van der Waals surface area contributed by atoms with Crippen LogP contribution in [0.1, 0.15) is 35.5 Å². The number of carbonyl (C=O) groups is 2. The Hall–Kier alpha value is -3.11. The SMILES string of the molecule is Cc1c(C(=O)Nc2nc3ccccc3s2)sc2ncn(CC(=O)N3C[C@H](C)C[C@H](C)C3)c(=O)c12. The highest BCUT2D eigenvalue weighted by atomic mass is 32.1. The number of fused-ring (bicyclic) bond motifs is 2. The lowest BCUT2D eigenvalue weighted by Gasteiger charge is -2.35. The summed E-state index contributed by atoms with van der Waals surface area (Å²) in [6, 6.07) is 7.67. The monoisotopic (exact) mass is 495 g/mol. The minimum atomic E-state index is -0.321. The zero-order chi connectivity index (χ0) is 24.0. The normalized spacial score (nSPS) is 18.5. The van der Waals surface area contributed by atoms with Gasteiger partial charge in [-0.05, 0) is 42.9 Å². The maximum Gasteiger partial charge on any atom is 0.267 e. The van der Waals surface area contributed by atoms with Crippen molar-refractivity contribution >= 4 is 60.1 Å². The first-order valence-electron chi connectivity index (χ1n) is 11.2. The molecule has 5 rings (SSSR count). The molecule has 176 valence electrons. The largest absolute Gasteiger partial charge is 0.341 e. The van der Waals surface area contributed by atoms with Gasteiger partial charge in [-0.25, -0.2) is 9.97 Å². The van der Waals surface area contributed by atoms with E-state index in [9.17, 15) is 14.4 Å². The fourth-order valence-corrected chi connectivity index (χ4v) is 6.58. The molecule has 2 amide bonds. The van der Waals surface area contributed by atoms with Crippen LogP contribution in [0, 0.1) is 18.8 Å². The molecule has 8 nitrogen and oxygen atoms in total. The summed E-state index contributed by atoms with van der Waals surface area (Å²) in [6.07, 6.45) is 2.51. The van der Waals surface area contributed by atoms with E-state index < -0.39 is 0 Å². The Bertz CT molecular complexity index is 1430. The molecule has 1 fully saturated rings. The van der Waals surface area contributed by atoms with Crippen molar-refractivity contribution in [2.24, 2.45) is 11.8 Å². The minimum absolute atomic E-state index is 0.0519. The number of nitrogens with zero attached hydrogens (tertiary/aromatic N) is 4. The Morgan fingerprint density at radius 3 is 2.62 bits per heavy atom. The summed E-state index contributed by atoms with van der Waals surface area (Å²) >= 11 is 2.57. The van der Waals surface area contributed by atoms with E-state index in [4.69, 9.17) is 0 Å². The van der Waals surface area contributed by atoms with Crippen LogP contribution in [0.3, 0.4) is 0 Å². The van der Waals surface area contributed by atoms with Gasteiger partial charge in [0.15, 0.2) is 5.13 Å². The fourth-order valence-electron chi connectivity index (χ4n) is 4.68. The number of anilines is 1. The predicted molar refractivity (Wildman–Crippen MR) is 136 cm³/mol. The average molecular weight is 496 g/mol. The maximum atomic E-state index is 13.2. The van der Waals surface area contributed by atoms with E-state index in [-0.39, 0.29) is 23.9 Å². The predicted octanol–water partition coefficient (Wildman–Crippen LogP) is 4.13. The smallest absolute Gasteiger partial charge is 0.267 e. The molecular formula is C24H25N5O3S2. The van der Waals surface area contributed by atoms with Gasteiger partial charge in [0.25, 0.3) is 11.5 Å². The highest BCUT2D eigenvalue weighted by Crippen LogP contribution is 2.30. The van der Waals surface area contributed by atoms with Gasteiger partial charge in [-0.2, -0.15) is 0 Å². The Morgan fingerprint density at radius 1 is 1.15 bits per heavy atom. The average Bonchev–Trinajstić information content (AvgIpc) is 3.35. The molecule has 1 aliphatic rings. The number of hydrogen-bond acceptors (Lipinski definition) is 7. The summed E-state index contributed by atoms with van der Waals surface area (Å²) in [5.41, 5.74) is 1.09. The van der Waals surface area contributed by atoms with E-state index in [0.29, 0.717) is 50.7 Å². The van der Waals surface area contributed by atoms with Gasteiger partial charge in [0.1, 0.15) is 11.4 Å². The van der Waals surface area contributed by atoms with Crippen molar-refractivity contribution in [3.05, 3.63) is 51.4 Å². The number of piperidine rings is 1. The first kappa shape index (κ1) is 22.7. The number of hydrogen-bond donors (Lipinski definition) is 1. The summed E-state index contributed by atoms with van der Waals surface area (Å²) in [6.45, 7) is 7.40. The van der Waals surface area contributed by atoms with Crippen LogP contribution in [0.4, 0.5) is 5.13 Å². The van der Waals surface area contributed by atoms with Crippen molar-refractivity contribution in [1.29, 1.82) is 0 Å². The van der Waals surface area contributed by atoms with E-state index in [1.807, 2.05) is 29.2 Å². The number of aryl methyl sites for hydroxylation is 1. The van der Waals surface area contributed by atoms with Gasteiger partial charge in [-0.3, -0.25) is 24.3 Å². The van der Waals surface area contributed by atoms with E-state index in [1.165, 1.54) is 33.6 Å². The van der Waals surface area contributed by atoms with E-state index in [0.717, 1.165) is 16.6 Å². The third-order valence-corrected chi connectivity index (χ3v) is 8.32. The van der Waals surface area contributed by atoms with Gasteiger partial charge in [0.05, 0.1) is 26.8 Å². The summed E-state index contributed by atoms with van der Waals surface area (Å²) in [4.78, 5) is 50.7. The fraction of sp³-hybridized carbons (Fsp3) is 0.375. The van der Waals surface area contributed by atoms with Crippen LogP contribution in [-0.2, 0) is 11.3 Å².